The maximum absolute atomic E-state index is 11.5. The van der Waals surface area contributed by atoms with Gasteiger partial charge < -0.3 is 16.4 Å². The first kappa shape index (κ1) is 16.6. The molecular weight excluding hydrogens is 218 g/mol. The van der Waals surface area contributed by atoms with Crippen LogP contribution in [0.3, 0.4) is 0 Å². The number of hydrogen-bond acceptors (Lipinski definition) is 3. The molecule has 0 bridgehead atoms. The Balaban J connectivity index is 0. The predicted octanol–water partition coefficient (Wildman–Crippen LogP) is -0.131. The van der Waals surface area contributed by atoms with Crippen LogP contribution in [0.2, 0.25) is 0 Å². The first-order valence-corrected chi connectivity index (χ1v) is 4.81. The molecule has 0 aliphatic heterocycles. The number of halogens is 1. The highest BCUT2D eigenvalue weighted by Crippen LogP contribution is 1.97. The van der Waals surface area contributed by atoms with Gasteiger partial charge in [-0.15, -0.1) is 12.4 Å². The summed E-state index contributed by atoms with van der Waals surface area (Å²) in [6, 6.07) is -0.578. The van der Waals surface area contributed by atoms with Gasteiger partial charge in [0.15, 0.2) is 0 Å². The van der Waals surface area contributed by atoms with Gasteiger partial charge in [0.05, 0.1) is 12.6 Å². The number of nitrogens with zero attached hydrogens (tertiary/aromatic N) is 1. The van der Waals surface area contributed by atoms with Crippen LogP contribution in [0, 0.1) is 0 Å². The van der Waals surface area contributed by atoms with Gasteiger partial charge >= 0.3 is 0 Å². The number of unbranched alkanes of at least 4 members (excludes halogenated alkanes) is 1. The van der Waals surface area contributed by atoms with Gasteiger partial charge in [-0.05, 0) is 13.3 Å². The molecule has 0 aromatic carbocycles. The lowest BCUT2D eigenvalue weighted by atomic mass is 10.2. The number of primary amides is 1. The molecule has 90 valence electrons. The molecule has 1 atom stereocenters. The summed E-state index contributed by atoms with van der Waals surface area (Å²) in [6.07, 6.45) is 1.81. The number of carbonyl (C=O) groups is 2. The van der Waals surface area contributed by atoms with Crippen LogP contribution in [-0.2, 0) is 9.59 Å². The van der Waals surface area contributed by atoms with Crippen molar-refractivity contribution in [1.29, 1.82) is 0 Å². The Morgan fingerprint density at radius 2 is 1.93 bits per heavy atom. The Bertz CT molecular complexity index is 210. The average molecular weight is 238 g/mol. The highest BCUT2D eigenvalue weighted by atomic mass is 35.5. The summed E-state index contributed by atoms with van der Waals surface area (Å²) in [5.74, 6) is -0.729. The third-order valence-electron chi connectivity index (χ3n) is 1.83. The molecule has 0 saturated carbocycles. The molecule has 0 heterocycles. The molecule has 0 rings (SSSR count). The van der Waals surface area contributed by atoms with Crippen LogP contribution in [-0.4, -0.2) is 35.8 Å². The molecule has 0 saturated heterocycles. The second-order valence-corrected chi connectivity index (χ2v) is 3.37. The van der Waals surface area contributed by atoms with E-state index in [0.29, 0.717) is 6.54 Å². The monoisotopic (exact) mass is 237 g/mol. The van der Waals surface area contributed by atoms with E-state index in [-0.39, 0.29) is 24.9 Å². The Labute approximate surface area is 96.6 Å². The van der Waals surface area contributed by atoms with E-state index in [4.69, 9.17) is 11.5 Å². The van der Waals surface area contributed by atoms with Gasteiger partial charge in [0.25, 0.3) is 0 Å². The number of hydrogen-bond donors (Lipinski definition) is 2. The maximum Gasteiger partial charge on any atom is 0.239 e. The van der Waals surface area contributed by atoms with Crippen LogP contribution in [0.15, 0.2) is 0 Å². The van der Waals surface area contributed by atoms with E-state index in [1.807, 2.05) is 6.92 Å². The third kappa shape index (κ3) is 7.16. The molecule has 15 heavy (non-hydrogen) atoms. The normalized spacial score (nSPS) is 11.4. The zero-order chi connectivity index (χ0) is 11.1. The highest BCUT2D eigenvalue weighted by Gasteiger charge is 2.18. The van der Waals surface area contributed by atoms with E-state index >= 15 is 0 Å². The van der Waals surface area contributed by atoms with E-state index in [9.17, 15) is 9.59 Å². The van der Waals surface area contributed by atoms with Gasteiger partial charge in [-0.1, -0.05) is 13.3 Å². The summed E-state index contributed by atoms with van der Waals surface area (Å²) in [4.78, 5) is 23.6. The molecule has 0 radical (unpaired) electrons. The molecular formula is C9H20ClN3O2. The lowest BCUT2D eigenvalue weighted by Crippen LogP contribution is -2.46. The molecule has 6 heteroatoms. The Hall–Kier alpha value is -0.810. The van der Waals surface area contributed by atoms with Crippen molar-refractivity contribution in [1.82, 2.24) is 4.90 Å². The van der Waals surface area contributed by atoms with Crippen LogP contribution in [0.5, 0.6) is 0 Å². The van der Waals surface area contributed by atoms with Crippen LogP contribution < -0.4 is 11.5 Å². The van der Waals surface area contributed by atoms with Crippen LogP contribution in [0.1, 0.15) is 26.7 Å². The first-order chi connectivity index (χ1) is 6.49. The second kappa shape index (κ2) is 8.49. The molecule has 1 unspecified atom stereocenters. The molecule has 0 aromatic rings. The molecule has 0 fully saturated rings. The van der Waals surface area contributed by atoms with Crippen molar-refractivity contribution in [3.63, 3.8) is 0 Å². The van der Waals surface area contributed by atoms with Crippen molar-refractivity contribution in [3.05, 3.63) is 0 Å². The minimum absolute atomic E-state index is 0. The average Bonchev–Trinajstić information content (AvgIpc) is 2.10. The lowest BCUT2D eigenvalue weighted by Gasteiger charge is -2.22. The summed E-state index contributed by atoms with van der Waals surface area (Å²) >= 11 is 0. The van der Waals surface area contributed by atoms with Gasteiger partial charge in [-0.25, -0.2) is 0 Å². The molecule has 2 amide bonds. The predicted molar refractivity (Wildman–Crippen MR) is 61.6 cm³/mol. The maximum atomic E-state index is 11.5. The van der Waals surface area contributed by atoms with Crippen LogP contribution in [0.4, 0.5) is 0 Å². The van der Waals surface area contributed by atoms with Gasteiger partial charge in [0.2, 0.25) is 11.8 Å². The van der Waals surface area contributed by atoms with Gasteiger partial charge in [0.1, 0.15) is 0 Å². The molecule has 0 spiro atoms. The number of nitrogens with two attached hydrogens (primary N) is 2. The van der Waals surface area contributed by atoms with Crippen molar-refractivity contribution < 1.29 is 9.59 Å². The Kier molecular flexibility index (Phi) is 9.41. The summed E-state index contributed by atoms with van der Waals surface area (Å²) in [5, 5.41) is 0. The SMILES string of the molecule is CCCCN(CC(N)=O)C(=O)C(C)N.Cl. The largest absolute Gasteiger partial charge is 0.368 e. The van der Waals surface area contributed by atoms with E-state index < -0.39 is 11.9 Å². The van der Waals surface area contributed by atoms with Crippen molar-refractivity contribution in [2.45, 2.75) is 32.7 Å². The number of amides is 2. The summed E-state index contributed by atoms with van der Waals surface area (Å²) < 4.78 is 0. The summed E-state index contributed by atoms with van der Waals surface area (Å²) in [5.41, 5.74) is 10.5. The van der Waals surface area contributed by atoms with Crippen LogP contribution in [0.25, 0.3) is 0 Å². The molecule has 0 aliphatic rings. The number of carbonyl (C=O) groups excluding carboxylic acids is 2. The zero-order valence-electron chi connectivity index (χ0n) is 9.23. The van der Waals surface area contributed by atoms with E-state index in [1.165, 1.54) is 4.90 Å². The Morgan fingerprint density at radius 1 is 1.40 bits per heavy atom. The number of rotatable bonds is 6. The molecule has 0 aromatic heterocycles. The van der Waals surface area contributed by atoms with E-state index in [2.05, 4.69) is 0 Å². The fourth-order valence-electron chi connectivity index (χ4n) is 1.09. The fraction of sp³-hybridized carbons (Fsp3) is 0.778. The minimum atomic E-state index is -0.578. The fourth-order valence-corrected chi connectivity index (χ4v) is 1.09. The zero-order valence-corrected chi connectivity index (χ0v) is 10.0. The highest BCUT2D eigenvalue weighted by molar-refractivity contribution is 5.86. The minimum Gasteiger partial charge on any atom is -0.368 e. The smallest absolute Gasteiger partial charge is 0.239 e. The van der Waals surface area contributed by atoms with Crippen molar-refractivity contribution in [2.75, 3.05) is 13.1 Å². The summed E-state index contributed by atoms with van der Waals surface area (Å²) in [6.45, 7) is 4.11. The van der Waals surface area contributed by atoms with Crippen molar-refractivity contribution in [2.24, 2.45) is 11.5 Å². The standard InChI is InChI=1S/C9H19N3O2.ClH/c1-3-4-5-12(6-8(11)13)9(14)7(2)10;/h7H,3-6,10H2,1-2H3,(H2,11,13);1H. The first-order valence-electron chi connectivity index (χ1n) is 4.81. The van der Waals surface area contributed by atoms with Crippen LogP contribution >= 0.6 is 12.4 Å². The quantitative estimate of drug-likeness (QED) is 0.674. The Morgan fingerprint density at radius 3 is 2.27 bits per heavy atom. The van der Waals surface area contributed by atoms with E-state index in [1.54, 1.807) is 6.92 Å². The van der Waals surface area contributed by atoms with Gasteiger partial charge in [-0.2, -0.15) is 0 Å². The topological polar surface area (TPSA) is 89.4 Å². The van der Waals surface area contributed by atoms with Crippen molar-refractivity contribution >= 4 is 24.2 Å². The third-order valence-corrected chi connectivity index (χ3v) is 1.83. The molecule has 5 nitrogen and oxygen atoms in total. The second-order valence-electron chi connectivity index (χ2n) is 3.37. The lowest BCUT2D eigenvalue weighted by molar-refractivity contribution is -0.136. The summed E-state index contributed by atoms with van der Waals surface area (Å²) in [7, 11) is 0. The van der Waals surface area contributed by atoms with Crippen molar-refractivity contribution in [3.8, 4) is 0 Å². The van der Waals surface area contributed by atoms with E-state index in [0.717, 1.165) is 12.8 Å². The molecule has 0 aliphatic carbocycles. The van der Waals surface area contributed by atoms with Gasteiger partial charge in [0, 0.05) is 6.54 Å². The van der Waals surface area contributed by atoms with Gasteiger partial charge in [-0.3, -0.25) is 9.59 Å². The molecule has 4 N–H and O–H groups in total.